The third kappa shape index (κ3) is 2.53. The molecular weight excluding hydrogens is 269 g/mol. The van der Waals surface area contributed by atoms with Crippen molar-refractivity contribution in [2.24, 2.45) is 0 Å². The first-order valence-electron chi connectivity index (χ1n) is 5.85. The topological polar surface area (TPSA) is 28.2 Å². The second-order valence-corrected chi connectivity index (χ2v) is 4.63. The summed E-state index contributed by atoms with van der Waals surface area (Å²) < 4.78 is 0. The maximum atomic E-state index is 6.31. The van der Waals surface area contributed by atoms with Gasteiger partial charge in [0.1, 0.15) is 5.82 Å². The van der Waals surface area contributed by atoms with Gasteiger partial charge in [0, 0.05) is 31.6 Å². The van der Waals surface area contributed by atoms with E-state index < -0.39 is 0 Å². The van der Waals surface area contributed by atoms with E-state index in [4.69, 9.17) is 11.6 Å². The Labute approximate surface area is 118 Å². The summed E-state index contributed by atoms with van der Waals surface area (Å²) >= 11 is 6.31. The summed E-state index contributed by atoms with van der Waals surface area (Å²) in [5, 5.41) is 5.16. The van der Waals surface area contributed by atoms with E-state index in [0.29, 0.717) is 0 Å². The van der Waals surface area contributed by atoms with E-state index in [0.717, 1.165) is 47.9 Å². The normalized spacial score (nSPS) is 15.5. The Morgan fingerprint density at radius 1 is 1.17 bits per heavy atom. The number of hydrogen-bond donors (Lipinski definition) is 1. The Balaban J connectivity index is 0.00000120. The lowest BCUT2D eigenvalue weighted by atomic mass is 10.2. The average molecular weight is 284 g/mol. The number of para-hydroxylation sites is 1. The number of aromatic nitrogens is 1. The highest BCUT2D eigenvalue weighted by atomic mass is 35.5. The molecule has 1 aliphatic rings. The van der Waals surface area contributed by atoms with Crippen molar-refractivity contribution in [1.29, 1.82) is 0 Å². The predicted molar refractivity (Wildman–Crippen MR) is 79.1 cm³/mol. The van der Waals surface area contributed by atoms with Gasteiger partial charge in [0.2, 0.25) is 0 Å². The van der Waals surface area contributed by atoms with Gasteiger partial charge in [-0.2, -0.15) is 0 Å². The molecule has 96 valence electrons. The highest BCUT2D eigenvalue weighted by Crippen LogP contribution is 2.27. The lowest BCUT2D eigenvalue weighted by Crippen LogP contribution is -2.44. The molecule has 2 heterocycles. The Morgan fingerprint density at radius 3 is 2.67 bits per heavy atom. The molecule has 2 aromatic rings. The minimum absolute atomic E-state index is 0. The van der Waals surface area contributed by atoms with Crippen molar-refractivity contribution in [2.75, 3.05) is 31.1 Å². The molecule has 0 amide bonds. The second-order valence-electron chi connectivity index (χ2n) is 4.22. The van der Waals surface area contributed by atoms with Crippen LogP contribution in [0.15, 0.2) is 30.3 Å². The van der Waals surface area contributed by atoms with Gasteiger partial charge in [0.15, 0.2) is 0 Å². The second kappa shape index (κ2) is 5.74. The van der Waals surface area contributed by atoms with E-state index in [1.54, 1.807) is 0 Å². The molecule has 1 N–H and O–H groups in total. The van der Waals surface area contributed by atoms with Gasteiger partial charge >= 0.3 is 0 Å². The van der Waals surface area contributed by atoms with Crippen LogP contribution in [-0.4, -0.2) is 31.2 Å². The molecule has 1 fully saturated rings. The first-order chi connectivity index (χ1) is 8.34. The van der Waals surface area contributed by atoms with Crippen LogP contribution < -0.4 is 10.2 Å². The third-order valence-corrected chi connectivity index (χ3v) is 3.35. The number of nitrogens with one attached hydrogen (secondary N) is 1. The van der Waals surface area contributed by atoms with E-state index in [1.807, 2.05) is 30.3 Å². The van der Waals surface area contributed by atoms with Crippen LogP contribution in [0.1, 0.15) is 0 Å². The standard InChI is InChI=1S/C13H14ClN3.ClH/c14-11-9-10-3-1-2-4-12(10)16-13(11)17-7-5-15-6-8-17;/h1-4,9,15H,5-8H2;1H. The van der Waals surface area contributed by atoms with Gasteiger partial charge in [-0.05, 0) is 12.1 Å². The molecule has 1 aromatic carbocycles. The molecule has 0 aliphatic carbocycles. The average Bonchev–Trinajstić information content (AvgIpc) is 2.39. The summed E-state index contributed by atoms with van der Waals surface area (Å²) in [5.74, 6) is 0.909. The van der Waals surface area contributed by atoms with Crippen LogP contribution >= 0.6 is 24.0 Å². The van der Waals surface area contributed by atoms with E-state index in [-0.39, 0.29) is 12.4 Å². The number of anilines is 1. The molecule has 0 saturated carbocycles. The number of benzene rings is 1. The Hall–Kier alpha value is -1.03. The van der Waals surface area contributed by atoms with E-state index in [9.17, 15) is 0 Å². The quantitative estimate of drug-likeness (QED) is 0.872. The van der Waals surface area contributed by atoms with Crippen molar-refractivity contribution in [3.63, 3.8) is 0 Å². The SMILES string of the molecule is Cl.Clc1cc2ccccc2nc1N1CCNCC1. The maximum absolute atomic E-state index is 6.31. The number of rotatable bonds is 1. The Kier molecular flexibility index (Phi) is 4.27. The molecule has 0 atom stereocenters. The van der Waals surface area contributed by atoms with Gasteiger partial charge in [-0.15, -0.1) is 12.4 Å². The molecular formula is C13H15Cl2N3. The van der Waals surface area contributed by atoms with Crippen LogP contribution in [0, 0.1) is 0 Å². The summed E-state index contributed by atoms with van der Waals surface area (Å²) in [7, 11) is 0. The molecule has 18 heavy (non-hydrogen) atoms. The summed E-state index contributed by atoms with van der Waals surface area (Å²) in [5.41, 5.74) is 1.01. The number of pyridine rings is 1. The summed E-state index contributed by atoms with van der Waals surface area (Å²) in [6, 6.07) is 10.1. The fourth-order valence-corrected chi connectivity index (χ4v) is 2.46. The van der Waals surface area contributed by atoms with Crippen molar-refractivity contribution in [2.45, 2.75) is 0 Å². The third-order valence-electron chi connectivity index (χ3n) is 3.08. The van der Waals surface area contributed by atoms with Crippen LogP contribution in [0.25, 0.3) is 10.9 Å². The number of nitrogens with zero attached hydrogens (tertiary/aromatic N) is 2. The lowest BCUT2D eigenvalue weighted by Gasteiger charge is -2.29. The molecule has 3 rings (SSSR count). The zero-order valence-electron chi connectivity index (χ0n) is 9.90. The Bertz CT molecular complexity index is 539. The van der Waals surface area contributed by atoms with Crippen LogP contribution in [-0.2, 0) is 0 Å². The number of hydrogen-bond acceptors (Lipinski definition) is 3. The lowest BCUT2D eigenvalue weighted by molar-refractivity contribution is 0.585. The first kappa shape index (κ1) is 13.4. The predicted octanol–water partition coefficient (Wildman–Crippen LogP) is 2.72. The smallest absolute Gasteiger partial charge is 0.148 e. The number of piperazine rings is 1. The van der Waals surface area contributed by atoms with Crippen LogP contribution in [0.5, 0.6) is 0 Å². The number of halogens is 2. The van der Waals surface area contributed by atoms with Crippen molar-refractivity contribution in [1.82, 2.24) is 10.3 Å². The summed E-state index contributed by atoms with van der Waals surface area (Å²) in [6.45, 7) is 3.91. The largest absolute Gasteiger partial charge is 0.353 e. The van der Waals surface area contributed by atoms with E-state index in [2.05, 4.69) is 15.2 Å². The molecule has 1 saturated heterocycles. The zero-order valence-corrected chi connectivity index (χ0v) is 11.5. The van der Waals surface area contributed by atoms with Crippen molar-refractivity contribution in [3.8, 4) is 0 Å². The van der Waals surface area contributed by atoms with Gasteiger partial charge in [-0.1, -0.05) is 29.8 Å². The maximum Gasteiger partial charge on any atom is 0.148 e. The number of fused-ring (bicyclic) bond motifs is 1. The van der Waals surface area contributed by atoms with E-state index in [1.165, 1.54) is 0 Å². The van der Waals surface area contributed by atoms with Crippen LogP contribution in [0.2, 0.25) is 5.02 Å². The zero-order chi connectivity index (χ0) is 11.7. The minimum atomic E-state index is 0. The fourth-order valence-electron chi connectivity index (χ4n) is 2.18. The van der Waals surface area contributed by atoms with Gasteiger partial charge in [-0.3, -0.25) is 0 Å². The van der Waals surface area contributed by atoms with E-state index >= 15 is 0 Å². The van der Waals surface area contributed by atoms with Crippen LogP contribution in [0.4, 0.5) is 5.82 Å². The molecule has 1 aromatic heterocycles. The van der Waals surface area contributed by atoms with Gasteiger partial charge < -0.3 is 10.2 Å². The van der Waals surface area contributed by atoms with Gasteiger partial charge in [0.05, 0.1) is 10.5 Å². The molecule has 0 bridgehead atoms. The first-order valence-corrected chi connectivity index (χ1v) is 6.23. The monoisotopic (exact) mass is 283 g/mol. The van der Waals surface area contributed by atoms with Crippen molar-refractivity contribution < 1.29 is 0 Å². The highest BCUT2D eigenvalue weighted by Gasteiger charge is 2.15. The van der Waals surface area contributed by atoms with Crippen LogP contribution in [0.3, 0.4) is 0 Å². The Morgan fingerprint density at radius 2 is 1.89 bits per heavy atom. The molecule has 3 nitrogen and oxygen atoms in total. The summed E-state index contributed by atoms with van der Waals surface area (Å²) in [4.78, 5) is 6.91. The van der Waals surface area contributed by atoms with Crippen molar-refractivity contribution >= 4 is 40.7 Å². The summed E-state index contributed by atoms with van der Waals surface area (Å²) in [6.07, 6.45) is 0. The fraction of sp³-hybridized carbons (Fsp3) is 0.308. The molecule has 0 spiro atoms. The molecule has 1 aliphatic heterocycles. The van der Waals surface area contributed by atoms with Gasteiger partial charge in [-0.25, -0.2) is 4.98 Å². The highest BCUT2D eigenvalue weighted by molar-refractivity contribution is 6.33. The minimum Gasteiger partial charge on any atom is -0.353 e. The molecule has 0 radical (unpaired) electrons. The van der Waals surface area contributed by atoms with Crippen molar-refractivity contribution in [3.05, 3.63) is 35.4 Å². The molecule has 5 heteroatoms. The molecule has 0 unspecified atom stereocenters. The van der Waals surface area contributed by atoms with Gasteiger partial charge in [0.25, 0.3) is 0 Å².